The number of carboxylic acids is 1. The summed E-state index contributed by atoms with van der Waals surface area (Å²) >= 11 is 1.03. The number of nitrogens with zero attached hydrogens (tertiary/aromatic N) is 1. The number of β-lactam (4-membered cyclic amide) rings is 1. The highest BCUT2D eigenvalue weighted by Crippen LogP contribution is 2.47. The van der Waals surface area contributed by atoms with Crippen LogP contribution in [-0.4, -0.2) is 80.6 Å². The molecule has 5 rings (SSSR count). The Morgan fingerprint density at radius 2 is 1.84 bits per heavy atom. The van der Waals surface area contributed by atoms with Crippen LogP contribution in [0.4, 0.5) is 4.79 Å². The summed E-state index contributed by atoms with van der Waals surface area (Å²) in [6.45, 7) is -0.474. The first-order valence-corrected chi connectivity index (χ1v) is 14.0. The minimum atomic E-state index is -2.06. The van der Waals surface area contributed by atoms with Crippen LogP contribution in [0.3, 0.4) is 0 Å². The van der Waals surface area contributed by atoms with E-state index in [1.54, 1.807) is 18.2 Å². The normalized spacial score (nSPS) is 19.7. The zero-order chi connectivity index (χ0) is 32.6. The molecule has 2 aliphatic rings. The zero-order valence-electron chi connectivity index (χ0n) is 23.1. The summed E-state index contributed by atoms with van der Waals surface area (Å²) in [5.41, 5.74) is 1.32. The molecule has 16 nitrogen and oxygen atoms in total. The number of carbonyl (C=O) groups excluding carboxylic acids is 4. The number of nitrogens with two attached hydrogens (primary N) is 1. The molecule has 0 bridgehead atoms. The quantitative estimate of drug-likeness (QED) is 0.106. The molecule has 3 aromatic rings. The number of amides is 4. The Morgan fingerprint density at radius 1 is 1.16 bits per heavy atom. The second-order valence-electron chi connectivity index (χ2n) is 9.77. The lowest BCUT2D eigenvalue weighted by atomic mass is 9.96. The number of phenols is 2. The van der Waals surface area contributed by atoms with Crippen LogP contribution in [0.25, 0.3) is 11.0 Å². The summed E-state index contributed by atoms with van der Waals surface area (Å²) in [4.78, 5) is 77.7. The van der Waals surface area contributed by atoms with E-state index >= 15 is 0 Å². The van der Waals surface area contributed by atoms with Gasteiger partial charge in [0.05, 0.1) is 5.39 Å². The second kappa shape index (κ2) is 11.9. The first-order valence-electron chi connectivity index (χ1n) is 12.9. The van der Waals surface area contributed by atoms with Gasteiger partial charge in [0, 0.05) is 24.5 Å². The third kappa shape index (κ3) is 5.38. The summed E-state index contributed by atoms with van der Waals surface area (Å²) in [7, 11) is 1.13. The lowest BCUT2D eigenvalue weighted by Crippen LogP contribution is -2.81. The highest BCUT2D eigenvalue weighted by atomic mass is 32.2. The molecule has 4 amide bonds. The highest BCUT2D eigenvalue weighted by Gasteiger charge is 2.67. The van der Waals surface area contributed by atoms with E-state index < -0.39 is 81.7 Å². The molecule has 3 atom stereocenters. The van der Waals surface area contributed by atoms with Gasteiger partial charge in [-0.1, -0.05) is 30.3 Å². The van der Waals surface area contributed by atoms with Gasteiger partial charge in [-0.2, -0.15) is 0 Å². The summed E-state index contributed by atoms with van der Waals surface area (Å²) < 4.78 is 15.5. The fourth-order valence-electron chi connectivity index (χ4n) is 4.93. The number of phenolic OH excluding ortho intramolecular Hbond substituents is 2. The zero-order valence-corrected chi connectivity index (χ0v) is 24.0. The highest BCUT2D eigenvalue weighted by molar-refractivity contribution is 8.00. The predicted molar refractivity (Wildman–Crippen MR) is 154 cm³/mol. The molecular formula is C28H24N4O12S. The lowest BCUT2D eigenvalue weighted by molar-refractivity contribution is -0.193. The SMILES string of the molecule is CO[C@@]1(NC(=O)C(NC(=O)c2coc3cc(O)c(O)cc3c2=O)c2ccccc2)C(=O)N2C(C(=O)O)=C(COC(N)=O)CS[C@H]21. The van der Waals surface area contributed by atoms with Gasteiger partial charge in [0.25, 0.3) is 17.5 Å². The number of aromatic hydroxyl groups is 2. The Kier molecular flexibility index (Phi) is 8.14. The molecule has 3 heterocycles. The van der Waals surface area contributed by atoms with E-state index in [2.05, 4.69) is 10.6 Å². The van der Waals surface area contributed by atoms with Crippen LogP contribution in [0.1, 0.15) is 22.0 Å². The van der Waals surface area contributed by atoms with E-state index in [0.717, 1.165) is 42.2 Å². The van der Waals surface area contributed by atoms with E-state index in [1.807, 2.05) is 0 Å². The van der Waals surface area contributed by atoms with Gasteiger partial charge >= 0.3 is 12.1 Å². The molecule has 7 N–H and O–H groups in total. The summed E-state index contributed by atoms with van der Waals surface area (Å²) in [5.74, 6) is -5.60. The molecule has 45 heavy (non-hydrogen) atoms. The molecule has 1 aromatic heterocycles. The lowest BCUT2D eigenvalue weighted by Gasteiger charge is -2.55. The smallest absolute Gasteiger partial charge is 0.404 e. The molecule has 0 aliphatic carbocycles. The molecule has 234 valence electrons. The van der Waals surface area contributed by atoms with Crippen molar-refractivity contribution in [3.8, 4) is 11.5 Å². The number of carbonyl (C=O) groups is 5. The summed E-state index contributed by atoms with van der Waals surface area (Å²) in [6, 6.07) is 8.26. The van der Waals surface area contributed by atoms with Crippen molar-refractivity contribution >= 4 is 52.5 Å². The number of benzene rings is 2. The van der Waals surface area contributed by atoms with Crippen molar-refractivity contribution in [3.05, 3.63) is 81.3 Å². The van der Waals surface area contributed by atoms with Crippen molar-refractivity contribution in [2.24, 2.45) is 5.73 Å². The van der Waals surface area contributed by atoms with Crippen molar-refractivity contribution in [2.75, 3.05) is 19.5 Å². The maximum absolute atomic E-state index is 13.8. The number of rotatable bonds is 9. The molecule has 1 fully saturated rings. The van der Waals surface area contributed by atoms with Crippen molar-refractivity contribution < 1.29 is 53.2 Å². The first kappa shape index (κ1) is 30.9. The maximum atomic E-state index is 13.8. The monoisotopic (exact) mass is 640 g/mol. The topological polar surface area (TPSA) is 248 Å². The molecule has 0 radical (unpaired) electrons. The van der Waals surface area contributed by atoms with Gasteiger partial charge in [0.15, 0.2) is 11.5 Å². The van der Waals surface area contributed by atoms with Gasteiger partial charge in [0.2, 0.25) is 11.3 Å². The van der Waals surface area contributed by atoms with Gasteiger partial charge in [-0.15, -0.1) is 11.8 Å². The number of thioether (sulfide) groups is 1. The number of aliphatic carboxylic acids is 1. The number of ether oxygens (including phenoxy) is 2. The molecule has 17 heteroatoms. The van der Waals surface area contributed by atoms with Gasteiger partial charge < -0.3 is 45.6 Å². The molecule has 2 aromatic carbocycles. The fourth-order valence-corrected chi connectivity index (χ4v) is 6.35. The van der Waals surface area contributed by atoms with E-state index in [9.17, 15) is 44.1 Å². The fraction of sp³-hybridized carbons (Fsp3) is 0.214. The number of fused-ring (bicyclic) bond motifs is 2. The molecule has 2 aliphatic heterocycles. The number of primary amides is 1. The van der Waals surface area contributed by atoms with Crippen LogP contribution in [-0.2, 0) is 23.9 Å². The third-order valence-corrected chi connectivity index (χ3v) is 8.49. The van der Waals surface area contributed by atoms with Gasteiger partial charge in [0.1, 0.15) is 41.1 Å². The summed E-state index contributed by atoms with van der Waals surface area (Å²) in [6.07, 6.45) is -0.306. The molecule has 1 unspecified atom stereocenters. The van der Waals surface area contributed by atoms with Crippen LogP contribution in [0.5, 0.6) is 11.5 Å². The minimum absolute atomic E-state index is 0.0196. The van der Waals surface area contributed by atoms with Crippen molar-refractivity contribution in [1.82, 2.24) is 15.5 Å². The Hall–Kier alpha value is -5.55. The Bertz CT molecular complexity index is 1840. The van der Waals surface area contributed by atoms with Crippen LogP contribution in [0.15, 0.2) is 69.2 Å². The number of hydrogen-bond acceptors (Lipinski definition) is 12. The second-order valence-corrected chi connectivity index (χ2v) is 10.8. The third-order valence-electron chi connectivity index (χ3n) is 7.12. The maximum Gasteiger partial charge on any atom is 0.404 e. The molecular weight excluding hydrogens is 616 g/mol. The number of hydrogen-bond donors (Lipinski definition) is 6. The molecule has 0 saturated carbocycles. The average Bonchev–Trinajstić information content (AvgIpc) is 3.02. The van der Waals surface area contributed by atoms with E-state index in [1.165, 1.54) is 12.1 Å². The van der Waals surface area contributed by atoms with Crippen LogP contribution in [0, 0.1) is 0 Å². The van der Waals surface area contributed by atoms with Crippen LogP contribution < -0.4 is 21.8 Å². The standard InChI is InChI=1S/C28H24N4O12S/c1-42-28(25(40)32-20(24(38)39)13(9-44-27(29)41)11-45-26(28)32)31-23(37)19(12-5-3-2-4-6-12)30-22(36)15-10-43-18-8-17(34)16(33)7-14(18)21(15)35/h2-8,10,19,26,33-34H,9,11H2,1H3,(H2,29,41)(H,30,36)(H,31,37)(H,38,39)/t19?,26-,28-/m0/s1. The number of carboxylic acid groups (broad SMARTS) is 1. The van der Waals surface area contributed by atoms with Crippen molar-refractivity contribution in [3.63, 3.8) is 0 Å². The number of nitrogens with one attached hydrogen (secondary N) is 2. The van der Waals surface area contributed by atoms with E-state index in [0.29, 0.717) is 0 Å². The first-order chi connectivity index (χ1) is 21.4. The van der Waals surface area contributed by atoms with E-state index in [-0.39, 0.29) is 27.9 Å². The Morgan fingerprint density at radius 3 is 2.49 bits per heavy atom. The van der Waals surface area contributed by atoms with Crippen LogP contribution in [0.2, 0.25) is 0 Å². The minimum Gasteiger partial charge on any atom is -0.504 e. The van der Waals surface area contributed by atoms with Gasteiger partial charge in [-0.3, -0.25) is 24.1 Å². The van der Waals surface area contributed by atoms with Crippen molar-refractivity contribution in [1.29, 1.82) is 0 Å². The van der Waals surface area contributed by atoms with Gasteiger partial charge in [-0.25, -0.2) is 9.59 Å². The van der Waals surface area contributed by atoms with E-state index in [4.69, 9.17) is 19.6 Å². The van der Waals surface area contributed by atoms with Crippen molar-refractivity contribution in [2.45, 2.75) is 17.1 Å². The molecule has 0 spiro atoms. The predicted octanol–water partition coefficient (Wildman–Crippen LogP) is 0.483. The summed E-state index contributed by atoms with van der Waals surface area (Å²) in [5, 5.41) is 33.0. The van der Waals surface area contributed by atoms with Crippen LogP contribution >= 0.6 is 11.8 Å². The average molecular weight is 641 g/mol. The Labute approximate surface area is 256 Å². The van der Waals surface area contributed by atoms with Gasteiger partial charge in [-0.05, 0) is 11.6 Å². The largest absolute Gasteiger partial charge is 0.504 e. The molecule has 1 saturated heterocycles. The number of methoxy groups -OCH3 is 1. The Balaban J connectivity index is 1.44.